The second kappa shape index (κ2) is 5.77. The third-order valence-corrected chi connectivity index (χ3v) is 3.86. The van der Waals surface area contributed by atoms with Gasteiger partial charge in [-0.1, -0.05) is 17.7 Å². The number of thioether (sulfide) groups is 1. The lowest BCUT2D eigenvalue weighted by atomic mass is 10.1. The van der Waals surface area contributed by atoms with Crippen molar-refractivity contribution >= 4 is 40.2 Å². The first-order chi connectivity index (χ1) is 9.01. The van der Waals surface area contributed by atoms with Crippen LogP contribution in [0.5, 0.6) is 0 Å². The highest BCUT2D eigenvalue weighted by Crippen LogP contribution is 2.25. The first-order valence-corrected chi connectivity index (χ1v) is 7.23. The number of hydrogen-bond acceptors (Lipinski definition) is 4. The molecule has 6 heteroatoms. The van der Waals surface area contributed by atoms with Crippen LogP contribution in [0.2, 0.25) is 5.15 Å². The summed E-state index contributed by atoms with van der Waals surface area (Å²) in [5.74, 6) is -1.05. The Morgan fingerprint density at radius 1 is 1.53 bits per heavy atom. The molecule has 0 aliphatic heterocycles. The maximum atomic E-state index is 10.8. The number of hydrogen-bond donors (Lipinski definition) is 2. The Hall–Kier alpha value is -1.30. The van der Waals surface area contributed by atoms with Crippen molar-refractivity contribution in [1.82, 2.24) is 4.98 Å². The van der Waals surface area contributed by atoms with Crippen LogP contribution in [-0.4, -0.2) is 28.4 Å². The summed E-state index contributed by atoms with van der Waals surface area (Å²) in [6.07, 6.45) is 2.16. The fourth-order valence-electron chi connectivity index (χ4n) is 1.76. The van der Waals surface area contributed by atoms with Gasteiger partial charge in [-0.05, 0) is 30.0 Å². The van der Waals surface area contributed by atoms with Crippen LogP contribution in [0, 0.1) is 0 Å². The number of carbonyl (C=O) groups is 1. The molecule has 1 unspecified atom stereocenters. The van der Waals surface area contributed by atoms with Gasteiger partial charge in [0.05, 0.1) is 5.52 Å². The van der Waals surface area contributed by atoms with Crippen molar-refractivity contribution in [3.63, 3.8) is 0 Å². The minimum Gasteiger partial charge on any atom is -0.480 e. The molecule has 100 valence electrons. The molecule has 1 atom stereocenters. The minimum absolute atomic E-state index is 0.168. The number of carboxylic acid groups (broad SMARTS) is 1. The lowest BCUT2D eigenvalue weighted by molar-refractivity contribution is -0.138. The summed E-state index contributed by atoms with van der Waals surface area (Å²) in [5, 5.41) is 10.1. The molecule has 0 saturated heterocycles. The highest BCUT2D eigenvalue weighted by molar-refractivity contribution is 7.98. The number of rotatable bonds is 4. The number of benzene rings is 1. The monoisotopic (exact) mass is 296 g/mol. The standard InChI is InChI=1S/C13H13ClN2O2S/c1-19-9-3-2-7-4-8(5-10(15)13(17)18)12(14)16-11(7)6-9/h2-4,6,10H,5,15H2,1H3,(H,17,18). The summed E-state index contributed by atoms with van der Waals surface area (Å²) in [7, 11) is 0. The predicted molar refractivity (Wildman–Crippen MR) is 77.8 cm³/mol. The van der Waals surface area contributed by atoms with Crippen molar-refractivity contribution in [3.8, 4) is 0 Å². The van der Waals surface area contributed by atoms with E-state index in [-0.39, 0.29) is 6.42 Å². The van der Waals surface area contributed by atoms with Gasteiger partial charge in [-0.15, -0.1) is 11.8 Å². The normalized spacial score (nSPS) is 12.6. The van der Waals surface area contributed by atoms with Gasteiger partial charge >= 0.3 is 5.97 Å². The smallest absolute Gasteiger partial charge is 0.320 e. The van der Waals surface area contributed by atoms with E-state index in [9.17, 15) is 4.79 Å². The van der Waals surface area contributed by atoms with Crippen LogP contribution >= 0.6 is 23.4 Å². The van der Waals surface area contributed by atoms with Crippen molar-refractivity contribution in [3.05, 3.63) is 35.0 Å². The number of carboxylic acids is 1. The van der Waals surface area contributed by atoms with Crippen LogP contribution in [0.3, 0.4) is 0 Å². The fraction of sp³-hybridized carbons (Fsp3) is 0.231. The molecule has 0 bridgehead atoms. The minimum atomic E-state index is -1.05. The number of nitrogens with two attached hydrogens (primary N) is 1. The molecule has 1 heterocycles. The van der Waals surface area contributed by atoms with Gasteiger partial charge in [0.2, 0.25) is 0 Å². The summed E-state index contributed by atoms with van der Waals surface area (Å²) < 4.78 is 0. The van der Waals surface area contributed by atoms with E-state index in [1.807, 2.05) is 30.5 Å². The third kappa shape index (κ3) is 3.18. The zero-order valence-electron chi connectivity index (χ0n) is 10.3. The van der Waals surface area contributed by atoms with Crippen LogP contribution in [-0.2, 0) is 11.2 Å². The number of aliphatic carboxylic acids is 1. The SMILES string of the molecule is CSc1ccc2cc(CC(N)C(=O)O)c(Cl)nc2c1. The number of aromatic nitrogens is 1. The van der Waals surface area contributed by atoms with Crippen LogP contribution in [0.15, 0.2) is 29.2 Å². The van der Waals surface area contributed by atoms with Crippen molar-refractivity contribution < 1.29 is 9.90 Å². The Bertz CT molecular complexity index is 633. The molecule has 3 N–H and O–H groups in total. The van der Waals surface area contributed by atoms with Gasteiger partial charge in [-0.3, -0.25) is 4.79 Å². The maximum absolute atomic E-state index is 10.8. The van der Waals surface area contributed by atoms with E-state index >= 15 is 0 Å². The zero-order valence-corrected chi connectivity index (χ0v) is 11.8. The van der Waals surface area contributed by atoms with E-state index < -0.39 is 12.0 Å². The molecular formula is C13H13ClN2O2S. The predicted octanol–water partition coefficient (Wildman–Crippen LogP) is 2.56. The summed E-state index contributed by atoms with van der Waals surface area (Å²) in [6.45, 7) is 0. The van der Waals surface area contributed by atoms with Gasteiger partial charge in [-0.2, -0.15) is 0 Å². The number of pyridine rings is 1. The zero-order chi connectivity index (χ0) is 14.0. The summed E-state index contributed by atoms with van der Waals surface area (Å²) in [5.41, 5.74) is 6.97. The second-order valence-corrected chi connectivity index (χ2v) is 5.38. The van der Waals surface area contributed by atoms with Gasteiger partial charge < -0.3 is 10.8 Å². The Kier molecular flexibility index (Phi) is 4.29. The van der Waals surface area contributed by atoms with Gasteiger partial charge in [0, 0.05) is 16.7 Å². The molecule has 0 radical (unpaired) electrons. The molecule has 0 aliphatic rings. The summed E-state index contributed by atoms with van der Waals surface area (Å²) >= 11 is 7.71. The highest BCUT2D eigenvalue weighted by Gasteiger charge is 2.15. The molecule has 19 heavy (non-hydrogen) atoms. The topological polar surface area (TPSA) is 76.2 Å². The van der Waals surface area contributed by atoms with Crippen molar-refractivity contribution in [2.75, 3.05) is 6.26 Å². The van der Waals surface area contributed by atoms with E-state index in [4.69, 9.17) is 22.4 Å². The third-order valence-electron chi connectivity index (χ3n) is 2.81. The molecule has 0 fully saturated rings. The van der Waals surface area contributed by atoms with E-state index in [1.54, 1.807) is 11.8 Å². The van der Waals surface area contributed by atoms with Gasteiger partial charge in [0.15, 0.2) is 0 Å². The Morgan fingerprint density at radius 2 is 2.26 bits per heavy atom. The van der Waals surface area contributed by atoms with Crippen molar-refractivity contribution in [1.29, 1.82) is 0 Å². The van der Waals surface area contributed by atoms with E-state index in [1.165, 1.54) is 0 Å². The number of nitrogens with zero attached hydrogens (tertiary/aromatic N) is 1. The highest BCUT2D eigenvalue weighted by atomic mass is 35.5. The molecule has 0 amide bonds. The van der Waals surface area contributed by atoms with Crippen molar-refractivity contribution in [2.45, 2.75) is 17.4 Å². The quantitative estimate of drug-likeness (QED) is 0.670. The Balaban J connectivity index is 2.41. The van der Waals surface area contributed by atoms with Gasteiger partial charge in [0.1, 0.15) is 11.2 Å². The number of halogens is 1. The summed E-state index contributed by atoms with van der Waals surface area (Å²) in [4.78, 5) is 16.2. The van der Waals surface area contributed by atoms with Crippen LogP contribution in [0.4, 0.5) is 0 Å². The fourth-order valence-corrected chi connectivity index (χ4v) is 2.42. The molecule has 2 rings (SSSR count). The van der Waals surface area contributed by atoms with Gasteiger partial charge in [0.25, 0.3) is 0 Å². The van der Waals surface area contributed by atoms with Crippen molar-refractivity contribution in [2.24, 2.45) is 5.73 Å². The lowest BCUT2D eigenvalue weighted by Gasteiger charge is -2.09. The van der Waals surface area contributed by atoms with Crippen LogP contribution in [0.25, 0.3) is 10.9 Å². The first-order valence-electron chi connectivity index (χ1n) is 5.63. The Morgan fingerprint density at radius 3 is 2.89 bits per heavy atom. The largest absolute Gasteiger partial charge is 0.480 e. The molecule has 2 aromatic rings. The van der Waals surface area contributed by atoms with E-state index in [0.717, 1.165) is 15.8 Å². The maximum Gasteiger partial charge on any atom is 0.320 e. The number of fused-ring (bicyclic) bond motifs is 1. The van der Waals surface area contributed by atoms with E-state index in [2.05, 4.69) is 4.98 Å². The first kappa shape index (κ1) is 14.1. The molecule has 0 spiro atoms. The van der Waals surface area contributed by atoms with Gasteiger partial charge in [-0.25, -0.2) is 4.98 Å². The van der Waals surface area contributed by atoms with Crippen LogP contribution < -0.4 is 5.73 Å². The molecular weight excluding hydrogens is 284 g/mol. The Labute approximate surface area is 120 Å². The molecule has 0 aliphatic carbocycles. The molecule has 4 nitrogen and oxygen atoms in total. The molecule has 0 saturated carbocycles. The van der Waals surface area contributed by atoms with E-state index in [0.29, 0.717) is 10.7 Å². The second-order valence-electron chi connectivity index (χ2n) is 4.15. The van der Waals surface area contributed by atoms with Crippen LogP contribution in [0.1, 0.15) is 5.56 Å². The average Bonchev–Trinajstić information content (AvgIpc) is 2.38. The lowest BCUT2D eigenvalue weighted by Crippen LogP contribution is -2.32. The summed E-state index contributed by atoms with van der Waals surface area (Å²) in [6, 6.07) is 6.76. The average molecular weight is 297 g/mol. The molecule has 1 aromatic heterocycles. The molecule has 1 aromatic carbocycles.